The molecule has 2 aliphatic rings. The van der Waals surface area contributed by atoms with Gasteiger partial charge < -0.3 is 0 Å². The van der Waals surface area contributed by atoms with Crippen molar-refractivity contribution in [3.05, 3.63) is 108 Å². The second-order valence-electron chi connectivity index (χ2n) is 8.20. The van der Waals surface area contributed by atoms with Crippen molar-refractivity contribution in [2.24, 2.45) is 11.8 Å². The summed E-state index contributed by atoms with van der Waals surface area (Å²) < 4.78 is -0.257. The van der Waals surface area contributed by atoms with Crippen LogP contribution in [0.4, 0.5) is 0 Å². The maximum absolute atomic E-state index is 6.91. The smallest absolute Gasteiger partial charge is 0.101 e. The zero-order valence-electron chi connectivity index (χ0n) is 16.3. The van der Waals surface area contributed by atoms with Gasteiger partial charge in [0.25, 0.3) is 0 Å². The number of benzene rings is 3. The van der Waals surface area contributed by atoms with E-state index >= 15 is 0 Å². The fourth-order valence-electron chi connectivity index (χ4n) is 5.09. The minimum atomic E-state index is -0.257. The van der Waals surface area contributed by atoms with E-state index in [-0.39, 0.29) is 4.75 Å². The van der Waals surface area contributed by atoms with Crippen LogP contribution in [0.2, 0.25) is 0 Å². The lowest BCUT2D eigenvalue weighted by Crippen LogP contribution is -2.28. The van der Waals surface area contributed by atoms with E-state index in [0.29, 0.717) is 10.6 Å². The Morgan fingerprint density at radius 2 is 1.10 bits per heavy atom. The molecule has 3 aromatic carbocycles. The number of alkyl halides is 1. The SMILES string of the molecule is Cl[C@@H]1[C@@H]2CC[C@@H](C2)[C@H]1SSC(c1ccccc1)(c1ccccc1)c1ccccc1. The average molecular weight is 437 g/mol. The van der Waals surface area contributed by atoms with Gasteiger partial charge in [0.2, 0.25) is 0 Å². The summed E-state index contributed by atoms with van der Waals surface area (Å²) in [5.74, 6) is 1.50. The molecular formula is C26H25ClS2. The number of halogens is 1. The van der Waals surface area contributed by atoms with Gasteiger partial charge in [0.15, 0.2) is 0 Å². The molecule has 0 radical (unpaired) electrons. The number of rotatable bonds is 6. The minimum Gasteiger partial charge on any atom is -0.121 e. The van der Waals surface area contributed by atoms with Crippen LogP contribution in [0, 0.1) is 11.8 Å². The number of fused-ring (bicyclic) bond motifs is 2. The zero-order valence-corrected chi connectivity index (χ0v) is 18.7. The highest BCUT2D eigenvalue weighted by Crippen LogP contribution is 2.60. The van der Waals surface area contributed by atoms with Crippen molar-refractivity contribution in [1.82, 2.24) is 0 Å². The molecule has 0 aromatic heterocycles. The Labute approximate surface area is 186 Å². The molecule has 0 heterocycles. The van der Waals surface area contributed by atoms with Crippen LogP contribution in [-0.4, -0.2) is 10.6 Å². The van der Waals surface area contributed by atoms with Crippen molar-refractivity contribution in [2.75, 3.05) is 0 Å². The predicted octanol–water partition coefficient (Wildman–Crippen LogP) is 7.77. The molecule has 2 saturated carbocycles. The summed E-state index contributed by atoms with van der Waals surface area (Å²) in [6.45, 7) is 0. The largest absolute Gasteiger partial charge is 0.121 e. The van der Waals surface area contributed by atoms with Crippen LogP contribution in [0.15, 0.2) is 91.0 Å². The van der Waals surface area contributed by atoms with E-state index in [1.54, 1.807) is 0 Å². The van der Waals surface area contributed by atoms with Crippen molar-refractivity contribution in [1.29, 1.82) is 0 Å². The third-order valence-electron chi connectivity index (χ3n) is 6.57. The van der Waals surface area contributed by atoms with E-state index in [1.165, 1.54) is 36.0 Å². The molecule has 5 rings (SSSR count). The molecule has 148 valence electrons. The average Bonchev–Trinajstić information content (AvgIpc) is 3.39. The maximum Gasteiger partial charge on any atom is 0.101 e. The Morgan fingerprint density at radius 3 is 1.52 bits per heavy atom. The second-order valence-corrected chi connectivity index (χ2v) is 11.3. The van der Waals surface area contributed by atoms with Crippen molar-refractivity contribution >= 4 is 33.2 Å². The highest BCUT2D eigenvalue weighted by molar-refractivity contribution is 8.77. The van der Waals surface area contributed by atoms with E-state index in [1.807, 2.05) is 21.6 Å². The van der Waals surface area contributed by atoms with Crippen molar-refractivity contribution < 1.29 is 0 Å². The number of hydrogen-bond acceptors (Lipinski definition) is 2. The molecule has 2 fully saturated rings. The minimum absolute atomic E-state index is 0.257. The maximum atomic E-state index is 6.91. The van der Waals surface area contributed by atoms with E-state index in [0.717, 1.165) is 11.8 Å². The second kappa shape index (κ2) is 8.41. The summed E-state index contributed by atoms with van der Waals surface area (Å²) in [4.78, 5) is 0. The van der Waals surface area contributed by atoms with Crippen molar-refractivity contribution in [3.63, 3.8) is 0 Å². The normalized spacial score (nSPS) is 26.0. The molecule has 0 amide bonds. The van der Waals surface area contributed by atoms with Gasteiger partial charge >= 0.3 is 0 Å². The summed E-state index contributed by atoms with van der Waals surface area (Å²) >= 11 is 6.91. The van der Waals surface area contributed by atoms with Crippen LogP contribution in [0.1, 0.15) is 36.0 Å². The van der Waals surface area contributed by atoms with Crippen LogP contribution >= 0.6 is 33.2 Å². The first-order valence-corrected chi connectivity index (χ1v) is 13.1. The molecule has 0 spiro atoms. The lowest BCUT2D eigenvalue weighted by Gasteiger charge is -2.37. The highest BCUT2D eigenvalue weighted by Gasteiger charge is 2.49. The molecule has 3 heteroatoms. The van der Waals surface area contributed by atoms with Gasteiger partial charge in [-0.15, -0.1) is 11.6 Å². The first kappa shape index (κ1) is 19.6. The lowest BCUT2D eigenvalue weighted by atomic mass is 9.84. The van der Waals surface area contributed by atoms with Gasteiger partial charge in [-0.3, -0.25) is 0 Å². The summed E-state index contributed by atoms with van der Waals surface area (Å²) in [7, 11) is 4.03. The van der Waals surface area contributed by atoms with Gasteiger partial charge in [0.1, 0.15) is 4.75 Å². The predicted molar refractivity (Wildman–Crippen MR) is 129 cm³/mol. The summed E-state index contributed by atoms with van der Waals surface area (Å²) in [5, 5.41) is 0.849. The molecule has 0 saturated heterocycles. The van der Waals surface area contributed by atoms with Crippen molar-refractivity contribution in [2.45, 2.75) is 34.6 Å². The Kier molecular flexibility index (Phi) is 5.69. The molecule has 2 bridgehead atoms. The molecule has 2 aliphatic carbocycles. The molecule has 0 aliphatic heterocycles. The Balaban J connectivity index is 1.60. The summed E-state index contributed by atoms with van der Waals surface area (Å²) in [6, 6.07) is 32.9. The topological polar surface area (TPSA) is 0 Å². The van der Waals surface area contributed by atoms with E-state index < -0.39 is 0 Å². The van der Waals surface area contributed by atoms with Gasteiger partial charge in [-0.05, 0) is 47.8 Å². The van der Waals surface area contributed by atoms with Crippen LogP contribution in [0.25, 0.3) is 0 Å². The van der Waals surface area contributed by atoms with Gasteiger partial charge in [-0.25, -0.2) is 0 Å². The summed E-state index contributed by atoms with van der Waals surface area (Å²) in [6.07, 6.45) is 3.99. The molecule has 0 nitrogen and oxygen atoms in total. The first-order chi connectivity index (χ1) is 14.3. The van der Waals surface area contributed by atoms with Gasteiger partial charge in [0, 0.05) is 10.6 Å². The van der Waals surface area contributed by atoms with Gasteiger partial charge in [-0.2, -0.15) is 0 Å². The highest BCUT2D eigenvalue weighted by atomic mass is 35.5. The molecular weight excluding hydrogens is 412 g/mol. The Morgan fingerprint density at radius 1 is 0.655 bits per heavy atom. The monoisotopic (exact) mass is 436 g/mol. The van der Waals surface area contributed by atoms with Crippen LogP contribution in [0.3, 0.4) is 0 Å². The van der Waals surface area contributed by atoms with Crippen molar-refractivity contribution in [3.8, 4) is 0 Å². The van der Waals surface area contributed by atoms with E-state index in [4.69, 9.17) is 11.6 Å². The molecule has 29 heavy (non-hydrogen) atoms. The quantitative estimate of drug-likeness (QED) is 0.220. The Hall–Kier alpha value is -1.35. The molecule has 3 aromatic rings. The third-order valence-corrected chi connectivity index (χ3v) is 11.0. The zero-order chi connectivity index (χ0) is 19.7. The fraction of sp³-hybridized carbons (Fsp3) is 0.308. The third kappa shape index (κ3) is 3.54. The molecule has 0 N–H and O–H groups in total. The van der Waals surface area contributed by atoms with E-state index in [9.17, 15) is 0 Å². The molecule has 4 atom stereocenters. The lowest BCUT2D eigenvalue weighted by molar-refractivity contribution is 0.500. The Bertz CT molecular complexity index is 830. The van der Waals surface area contributed by atoms with Crippen LogP contribution in [-0.2, 0) is 4.75 Å². The van der Waals surface area contributed by atoms with Crippen LogP contribution < -0.4 is 0 Å². The fourth-order valence-corrected chi connectivity index (χ4v) is 10.0. The van der Waals surface area contributed by atoms with Crippen LogP contribution in [0.5, 0.6) is 0 Å². The van der Waals surface area contributed by atoms with Gasteiger partial charge in [-0.1, -0.05) is 113 Å². The first-order valence-electron chi connectivity index (χ1n) is 10.4. The standard InChI is InChI=1S/C26H25ClS2/c27-24-19-16-17-20(18-19)25(24)28-29-26(21-10-4-1-5-11-21,22-12-6-2-7-13-22)23-14-8-3-9-15-23/h1-15,19-20,24-25H,16-18H2/t19-,20+,24-,25-/m1/s1. The van der Waals surface area contributed by atoms with E-state index in [2.05, 4.69) is 91.0 Å². The van der Waals surface area contributed by atoms with Gasteiger partial charge in [0.05, 0.1) is 0 Å². The molecule has 0 unspecified atom stereocenters. The summed E-state index contributed by atoms with van der Waals surface area (Å²) in [5.41, 5.74) is 3.97. The number of hydrogen-bond donors (Lipinski definition) is 0.